The van der Waals surface area contributed by atoms with Crippen LogP contribution in [0.25, 0.3) is 5.69 Å². The van der Waals surface area contributed by atoms with Crippen LogP contribution < -0.4 is 5.32 Å². The van der Waals surface area contributed by atoms with E-state index in [1.807, 2.05) is 0 Å². The second-order valence-electron chi connectivity index (χ2n) is 5.00. The minimum Gasteiger partial charge on any atom is -0.296 e. The van der Waals surface area contributed by atoms with Gasteiger partial charge in [-0.1, -0.05) is 22.9 Å². The van der Waals surface area contributed by atoms with Crippen molar-refractivity contribution >= 4 is 34.0 Å². The fraction of sp³-hybridized carbons (Fsp3) is 0.143. The van der Waals surface area contributed by atoms with Gasteiger partial charge in [-0.2, -0.15) is 18.3 Å². The number of alkyl halides is 3. The van der Waals surface area contributed by atoms with Crippen LogP contribution in [-0.2, 0) is 6.18 Å². The van der Waals surface area contributed by atoms with Crippen molar-refractivity contribution in [2.75, 3.05) is 5.32 Å². The van der Waals surface area contributed by atoms with E-state index in [0.29, 0.717) is 5.69 Å². The normalized spacial score (nSPS) is 11.6. The van der Waals surface area contributed by atoms with E-state index in [9.17, 15) is 22.4 Å². The molecule has 2 aromatic heterocycles. The van der Waals surface area contributed by atoms with Gasteiger partial charge in [-0.15, -0.1) is 10.2 Å². The van der Waals surface area contributed by atoms with E-state index in [4.69, 9.17) is 11.6 Å². The van der Waals surface area contributed by atoms with Gasteiger partial charge in [-0.3, -0.25) is 10.1 Å². The standard InChI is InChI=1S/C14H8ClF4N5OS/c1-6-9(10(15)24(23-6)8-4-2-7(16)3-5-8)11(25)20-13-22-21-12(26-13)14(17,18)19/h2-5H,1H3,(H,20,22,25). The monoisotopic (exact) mass is 405 g/mol. The van der Waals surface area contributed by atoms with Gasteiger partial charge in [0.2, 0.25) is 10.1 Å². The highest BCUT2D eigenvalue weighted by molar-refractivity contribution is 7.15. The van der Waals surface area contributed by atoms with Crippen molar-refractivity contribution in [1.82, 2.24) is 20.0 Å². The second-order valence-corrected chi connectivity index (χ2v) is 6.34. The summed E-state index contributed by atoms with van der Waals surface area (Å²) < 4.78 is 51.9. The SMILES string of the molecule is Cc1nn(-c2ccc(F)cc2)c(Cl)c1C(=O)Nc1nnc(C(F)(F)F)s1. The topological polar surface area (TPSA) is 72.7 Å². The van der Waals surface area contributed by atoms with E-state index in [0.717, 1.165) is 0 Å². The number of hydrogen-bond donors (Lipinski definition) is 1. The maximum atomic E-state index is 13.0. The first kappa shape index (κ1) is 18.3. The van der Waals surface area contributed by atoms with E-state index >= 15 is 0 Å². The third-order valence-electron chi connectivity index (χ3n) is 3.19. The van der Waals surface area contributed by atoms with Gasteiger partial charge in [0.15, 0.2) is 0 Å². The molecule has 1 N–H and O–H groups in total. The predicted octanol–water partition coefficient (Wildman–Crippen LogP) is 4.10. The number of nitrogens with zero attached hydrogens (tertiary/aromatic N) is 4. The molecule has 0 saturated heterocycles. The molecule has 0 aliphatic heterocycles. The van der Waals surface area contributed by atoms with Crippen molar-refractivity contribution in [2.24, 2.45) is 0 Å². The molecule has 0 radical (unpaired) electrons. The van der Waals surface area contributed by atoms with Gasteiger partial charge in [0, 0.05) is 0 Å². The zero-order valence-corrected chi connectivity index (χ0v) is 14.4. The fourth-order valence-corrected chi connectivity index (χ4v) is 3.02. The summed E-state index contributed by atoms with van der Waals surface area (Å²) in [6.45, 7) is 1.50. The molecule has 0 saturated carbocycles. The maximum absolute atomic E-state index is 13.0. The Hall–Kier alpha value is -2.53. The molecule has 136 valence electrons. The highest BCUT2D eigenvalue weighted by Crippen LogP contribution is 2.33. The quantitative estimate of drug-likeness (QED) is 0.666. The van der Waals surface area contributed by atoms with Crippen molar-refractivity contribution in [1.29, 1.82) is 0 Å². The molecule has 0 aliphatic rings. The van der Waals surface area contributed by atoms with Crippen molar-refractivity contribution in [3.05, 3.63) is 51.5 Å². The lowest BCUT2D eigenvalue weighted by Gasteiger charge is -2.03. The Kier molecular flexibility index (Phi) is 4.67. The zero-order valence-electron chi connectivity index (χ0n) is 12.8. The van der Waals surface area contributed by atoms with Crippen LogP contribution in [0.5, 0.6) is 0 Å². The summed E-state index contributed by atoms with van der Waals surface area (Å²) in [4.78, 5) is 12.4. The predicted molar refractivity (Wildman–Crippen MR) is 86.1 cm³/mol. The number of carbonyl (C=O) groups is 1. The number of aromatic nitrogens is 4. The number of benzene rings is 1. The molecule has 26 heavy (non-hydrogen) atoms. The van der Waals surface area contributed by atoms with Gasteiger partial charge in [0.05, 0.1) is 11.4 Å². The van der Waals surface area contributed by atoms with Gasteiger partial charge in [0.1, 0.15) is 16.5 Å². The lowest BCUT2D eigenvalue weighted by Crippen LogP contribution is -2.13. The van der Waals surface area contributed by atoms with E-state index in [-0.39, 0.29) is 32.9 Å². The number of halogens is 5. The minimum atomic E-state index is -4.65. The van der Waals surface area contributed by atoms with Gasteiger partial charge in [-0.05, 0) is 31.2 Å². The summed E-state index contributed by atoms with van der Waals surface area (Å²) >= 11 is 6.36. The largest absolute Gasteiger partial charge is 0.445 e. The van der Waals surface area contributed by atoms with Crippen LogP contribution in [0.3, 0.4) is 0 Å². The molecule has 0 aliphatic carbocycles. The van der Waals surface area contributed by atoms with Crippen LogP contribution in [-0.4, -0.2) is 25.9 Å². The third kappa shape index (κ3) is 3.53. The van der Waals surface area contributed by atoms with E-state index in [1.54, 1.807) is 0 Å². The number of hydrogen-bond acceptors (Lipinski definition) is 5. The molecular formula is C14H8ClF4N5OS. The molecule has 0 bridgehead atoms. The Morgan fingerprint density at radius 1 is 1.23 bits per heavy atom. The molecule has 2 heterocycles. The fourth-order valence-electron chi connectivity index (χ4n) is 2.06. The molecule has 0 unspecified atom stereocenters. The van der Waals surface area contributed by atoms with Crippen molar-refractivity contribution in [2.45, 2.75) is 13.1 Å². The van der Waals surface area contributed by atoms with E-state index in [1.165, 1.54) is 35.9 Å². The number of anilines is 1. The Balaban J connectivity index is 1.88. The Morgan fingerprint density at radius 3 is 2.46 bits per heavy atom. The van der Waals surface area contributed by atoms with Crippen molar-refractivity contribution in [3.8, 4) is 5.69 Å². The lowest BCUT2D eigenvalue weighted by molar-refractivity contribution is -0.138. The first-order chi connectivity index (χ1) is 12.2. The summed E-state index contributed by atoms with van der Waals surface area (Å²) in [6.07, 6.45) is -4.65. The van der Waals surface area contributed by atoms with Gasteiger partial charge in [-0.25, -0.2) is 9.07 Å². The number of rotatable bonds is 3. The minimum absolute atomic E-state index is 0.0419. The number of aryl methyl sites for hydroxylation is 1. The summed E-state index contributed by atoms with van der Waals surface area (Å²) in [6, 6.07) is 5.22. The van der Waals surface area contributed by atoms with Gasteiger partial charge < -0.3 is 0 Å². The Labute approximate surface area is 152 Å². The smallest absolute Gasteiger partial charge is 0.296 e. The lowest BCUT2D eigenvalue weighted by atomic mass is 10.2. The third-order valence-corrected chi connectivity index (χ3v) is 4.42. The number of carbonyl (C=O) groups excluding carboxylic acids is 1. The molecule has 0 spiro atoms. The van der Waals surface area contributed by atoms with Crippen LogP contribution in [0.1, 0.15) is 21.1 Å². The molecule has 1 amide bonds. The summed E-state index contributed by atoms with van der Waals surface area (Å²) in [5, 5.41) is 11.0. The Bertz CT molecular complexity index is 967. The highest BCUT2D eigenvalue weighted by atomic mass is 35.5. The first-order valence-electron chi connectivity index (χ1n) is 6.90. The average molecular weight is 406 g/mol. The summed E-state index contributed by atoms with van der Waals surface area (Å²) in [7, 11) is 0. The molecule has 0 fully saturated rings. The molecule has 12 heteroatoms. The van der Waals surface area contributed by atoms with Crippen LogP contribution in [0.15, 0.2) is 24.3 Å². The van der Waals surface area contributed by atoms with E-state index in [2.05, 4.69) is 20.6 Å². The molecule has 6 nitrogen and oxygen atoms in total. The summed E-state index contributed by atoms with van der Waals surface area (Å²) in [5.41, 5.74) is 0.603. The maximum Gasteiger partial charge on any atom is 0.445 e. The summed E-state index contributed by atoms with van der Waals surface area (Å²) in [5.74, 6) is -1.24. The second kappa shape index (κ2) is 6.65. The zero-order chi connectivity index (χ0) is 19.1. The van der Waals surface area contributed by atoms with Gasteiger partial charge >= 0.3 is 6.18 Å². The molecule has 3 rings (SSSR count). The molecule has 0 atom stereocenters. The highest BCUT2D eigenvalue weighted by Gasteiger charge is 2.36. The van der Waals surface area contributed by atoms with Crippen LogP contribution in [0.4, 0.5) is 22.7 Å². The van der Waals surface area contributed by atoms with Crippen LogP contribution in [0, 0.1) is 12.7 Å². The Morgan fingerprint density at radius 2 is 1.88 bits per heavy atom. The molecular weight excluding hydrogens is 398 g/mol. The van der Waals surface area contributed by atoms with Crippen LogP contribution in [0.2, 0.25) is 5.15 Å². The van der Waals surface area contributed by atoms with E-state index < -0.39 is 22.9 Å². The molecule has 3 aromatic rings. The van der Waals surface area contributed by atoms with Gasteiger partial charge in [0.25, 0.3) is 5.91 Å². The van der Waals surface area contributed by atoms with Crippen molar-refractivity contribution < 1.29 is 22.4 Å². The number of amides is 1. The molecule has 1 aromatic carbocycles. The first-order valence-corrected chi connectivity index (χ1v) is 8.09. The van der Waals surface area contributed by atoms with Crippen LogP contribution >= 0.6 is 22.9 Å². The average Bonchev–Trinajstić information content (AvgIpc) is 3.12. The number of nitrogens with one attached hydrogen (secondary N) is 1. The van der Waals surface area contributed by atoms with Crippen molar-refractivity contribution in [3.63, 3.8) is 0 Å².